The number of nitrogens with one attached hydrogen (secondary N) is 1. The Morgan fingerprint density at radius 1 is 1.09 bits per heavy atom. The highest BCUT2D eigenvalue weighted by molar-refractivity contribution is 9.11. The number of aliphatic carboxylic acids is 1. The molecule has 4 N–H and O–H groups in total. The molecule has 0 aliphatic heterocycles. The van der Waals surface area contributed by atoms with Gasteiger partial charge in [-0.3, -0.25) is 10.2 Å². The SMILES string of the molecule is N=C(N)c1cc(S(=O)(=O)c2cccc(-c3cccc(C=O)c3)c2)c(Br)s1.O=C(O)C(F)(F)F. The number of halogens is 4. The van der Waals surface area contributed by atoms with E-state index in [9.17, 15) is 26.4 Å². The summed E-state index contributed by atoms with van der Waals surface area (Å²) in [6.45, 7) is 0. The maximum absolute atomic E-state index is 13.0. The van der Waals surface area contributed by atoms with E-state index in [4.69, 9.17) is 21.0 Å². The Kier molecular flexibility index (Phi) is 8.16. The van der Waals surface area contributed by atoms with E-state index in [1.807, 2.05) is 6.07 Å². The second kappa shape index (κ2) is 10.3. The molecule has 7 nitrogen and oxygen atoms in total. The number of aldehydes is 1. The van der Waals surface area contributed by atoms with Crippen molar-refractivity contribution in [3.8, 4) is 11.1 Å². The Morgan fingerprint density at radius 3 is 2.12 bits per heavy atom. The summed E-state index contributed by atoms with van der Waals surface area (Å²) in [6.07, 6.45) is -4.34. The van der Waals surface area contributed by atoms with E-state index in [2.05, 4.69) is 15.9 Å². The van der Waals surface area contributed by atoms with Gasteiger partial charge in [0.15, 0.2) is 0 Å². The minimum Gasteiger partial charge on any atom is -0.475 e. The molecule has 0 aliphatic rings. The number of sulfone groups is 1. The summed E-state index contributed by atoms with van der Waals surface area (Å²) in [5, 5.41) is 14.6. The first-order chi connectivity index (χ1) is 15.3. The number of thiophene rings is 1. The van der Waals surface area contributed by atoms with Crippen molar-refractivity contribution in [2.75, 3.05) is 0 Å². The number of rotatable bonds is 5. The van der Waals surface area contributed by atoms with Crippen LogP contribution in [0.5, 0.6) is 0 Å². The van der Waals surface area contributed by atoms with Crippen LogP contribution in [0.2, 0.25) is 0 Å². The number of amidine groups is 1. The third-order valence-corrected chi connectivity index (χ3v) is 7.99. The number of carboxylic acids is 1. The molecule has 3 rings (SSSR count). The number of nitrogens with two attached hydrogens (primary N) is 1. The van der Waals surface area contributed by atoms with Gasteiger partial charge < -0.3 is 10.8 Å². The van der Waals surface area contributed by atoms with Crippen molar-refractivity contribution in [1.82, 2.24) is 0 Å². The van der Waals surface area contributed by atoms with Crippen LogP contribution in [0, 0.1) is 5.41 Å². The molecule has 13 heteroatoms. The molecule has 0 bridgehead atoms. The number of nitrogen functional groups attached to an aromatic ring is 1. The number of hydrogen-bond donors (Lipinski definition) is 3. The van der Waals surface area contributed by atoms with Gasteiger partial charge in [0.2, 0.25) is 9.84 Å². The molecule has 0 fully saturated rings. The summed E-state index contributed by atoms with van der Waals surface area (Å²) in [4.78, 5) is 20.4. The standard InChI is InChI=1S/C18H13BrN2O3S2.C2HF3O2/c19-17-16(9-15(25-17)18(20)21)26(23,24)14-6-2-5-13(8-14)12-4-1-3-11(7-12)10-22;3-2(4,5)1(6)7/h1-10H,(H3,20,21);(H,6,7). The lowest BCUT2D eigenvalue weighted by Crippen LogP contribution is -2.21. The van der Waals surface area contributed by atoms with Crippen molar-refractivity contribution < 1.29 is 36.3 Å². The first-order valence-corrected chi connectivity index (χ1v) is 11.7. The van der Waals surface area contributed by atoms with E-state index in [-0.39, 0.29) is 15.6 Å². The van der Waals surface area contributed by atoms with Crippen molar-refractivity contribution in [3.05, 3.63) is 68.8 Å². The van der Waals surface area contributed by atoms with E-state index in [0.29, 0.717) is 19.8 Å². The highest BCUT2D eigenvalue weighted by Gasteiger charge is 2.38. The maximum atomic E-state index is 13.0. The third-order valence-electron chi connectivity index (χ3n) is 3.95. The molecule has 0 saturated heterocycles. The second-order valence-electron chi connectivity index (χ2n) is 6.24. The summed E-state index contributed by atoms with van der Waals surface area (Å²) in [6, 6.07) is 14.9. The lowest BCUT2D eigenvalue weighted by Gasteiger charge is -2.07. The number of carbonyl (C=O) groups excluding carboxylic acids is 1. The highest BCUT2D eigenvalue weighted by atomic mass is 79.9. The average molecular weight is 563 g/mol. The molecule has 1 aromatic heterocycles. The predicted molar refractivity (Wildman–Crippen MR) is 119 cm³/mol. The predicted octanol–water partition coefficient (Wildman–Crippen LogP) is 4.74. The average Bonchev–Trinajstić information content (AvgIpc) is 3.16. The van der Waals surface area contributed by atoms with Crippen molar-refractivity contribution in [2.24, 2.45) is 5.73 Å². The minimum atomic E-state index is -5.08. The second-order valence-corrected chi connectivity index (χ2v) is 10.5. The minimum absolute atomic E-state index is 0.0755. The number of carbonyl (C=O) groups is 2. The number of carboxylic acid groups (broad SMARTS) is 1. The highest BCUT2D eigenvalue weighted by Crippen LogP contribution is 2.36. The zero-order chi connectivity index (χ0) is 25.0. The van der Waals surface area contributed by atoms with Crippen LogP contribution in [0.4, 0.5) is 13.2 Å². The molecule has 0 aliphatic carbocycles. The number of hydrogen-bond acceptors (Lipinski definition) is 6. The molecule has 0 amide bonds. The lowest BCUT2D eigenvalue weighted by atomic mass is 10.0. The van der Waals surface area contributed by atoms with Gasteiger partial charge in [-0.15, -0.1) is 11.3 Å². The van der Waals surface area contributed by atoms with Gasteiger partial charge in [-0.1, -0.05) is 30.3 Å². The van der Waals surface area contributed by atoms with Gasteiger partial charge in [0.1, 0.15) is 12.1 Å². The van der Waals surface area contributed by atoms with Crippen molar-refractivity contribution >= 4 is 55.2 Å². The molecular formula is C20H14BrF3N2O5S2. The van der Waals surface area contributed by atoms with Crippen molar-refractivity contribution in [1.29, 1.82) is 5.41 Å². The Hall–Kier alpha value is -3.03. The first kappa shape index (κ1) is 26.2. The fourth-order valence-electron chi connectivity index (χ4n) is 2.43. The van der Waals surface area contributed by atoms with Crippen LogP contribution in [0.25, 0.3) is 11.1 Å². The van der Waals surface area contributed by atoms with Gasteiger partial charge in [0, 0.05) is 5.56 Å². The van der Waals surface area contributed by atoms with Gasteiger partial charge in [0.05, 0.1) is 18.5 Å². The molecule has 2 aromatic carbocycles. The Balaban J connectivity index is 0.000000479. The van der Waals surface area contributed by atoms with Crippen LogP contribution in [-0.4, -0.2) is 37.8 Å². The number of alkyl halides is 3. The molecule has 1 heterocycles. The van der Waals surface area contributed by atoms with Crippen LogP contribution < -0.4 is 5.73 Å². The molecular weight excluding hydrogens is 549 g/mol. The monoisotopic (exact) mass is 562 g/mol. The van der Waals surface area contributed by atoms with E-state index in [1.165, 1.54) is 12.1 Å². The summed E-state index contributed by atoms with van der Waals surface area (Å²) in [5.74, 6) is -2.94. The topological polar surface area (TPSA) is 138 Å². The van der Waals surface area contributed by atoms with Gasteiger partial charge in [0.25, 0.3) is 0 Å². The zero-order valence-electron chi connectivity index (χ0n) is 16.3. The summed E-state index contributed by atoms with van der Waals surface area (Å²) >= 11 is 4.35. The lowest BCUT2D eigenvalue weighted by molar-refractivity contribution is -0.192. The van der Waals surface area contributed by atoms with E-state index in [0.717, 1.165) is 23.2 Å². The maximum Gasteiger partial charge on any atom is 0.490 e. The fourth-order valence-corrected chi connectivity index (χ4v) is 6.15. The molecule has 0 atom stereocenters. The van der Waals surface area contributed by atoms with Crippen LogP contribution in [0.3, 0.4) is 0 Å². The molecule has 3 aromatic rings. The van der Waals surface area contributed by atoms with Crippen LogP contribution >= 0.6 is 27.3 Å². The molecule has 0 radical (unpaired) electrons. The zero-order valence-corrected chi connectivity index (χ0v) is 19.5. The van der Waals surface area contributed by atoms with E-state index >= 15 is 0 Å². The van der Waals surface area contributed by atoms with Crippen molar-refractivity contribution in [2.45, 2.75) is 16.0 Å². The smallest absolute Gasteiger partial charge is 0.475 e. The Morgan fingerprint density at radius 2 is 1.64 bits per heavy atom. The third kappa shape index (κ3) is 6.49. The molecule has 33 heavy (non-hydrogen) atoms. The summed E-state index contributed by atoms with van der Waals surface area (Å²) in [7, 11) is -3.79. The van der Waals surface area contributed by atoms with Crippen LogP contribution in [-0.2, 0) is 14.6 Å². The van der Waals surface area contributed by atoms with E-state index < -0.39 is 22.0 Å². The quantitative estimate of drug-likeness (QED) is 0.233. The summed E-state index contributed by atoms with van der Waals surface area (Å²) in [5.41, 5.74) is 7.41. The molecule has 0 unspecified atom stereocenters. The molecule has 0 saturated carbocycles. The van der Waals surface area contributed by atoms with Gasteiger partial charge in [-0.25, -0.2) is 13.2 Å². The van der Waals surface area contributed by atoms with Crippen LogP contribution in [0.1, 0.15) is 15.2 Å². The Bertz CT molecular complexity index is 1320. The largest absolute Gasteiger partial charge is 0.490 e. The normalized spacial score (nSPS) is 11.3. The van der Waals surface area contributed by atoms with Gasteiger partial charge in [-0.2, -0.15) is 13.2 Å². The van der Waals surface area contributed by atoms with E-state index in [1.54, 1.807) is 36.4 Å². The van der Waals surface area contributed by atoms with Gasteiger partial charge in [-0.05, 0) is 51.3 Å². The molecule has 0 spiro atoms. The summed E-state index contributed by atoms with van der Waals surface area (Å²) < 4.78 is 58.1. The molecule has 174 valence electrons. The Labute approximate surface area is 198 Å². The first-order valence-electron chi connectivity index (χ1n) is 8.62. The number of benzene rings is 2. The van der Waals surface area contributed by atoms with Crippen LogP contribution in [0.15, 0.2) is 68.2 Å². The van der Waals surface area contributed by atoms with Crippen molar-refractivity contribution in [3.63, 3.8) is 0 Å². The fraction of sp³-hybridized carbons (Fsp3) is 0.0500. The van der Waals surface area contributed by atoms with Gasteiger partial charge >= 0.3 is 12.1 Å².